The van der Waals surface area contributed by atoms with Crippen molar-refractivity contribution in [1.29, 1.82) is 0 Å². The first-order valence-electron chi connectivity index (χ1n) is 6.05. The Bertz CT molecular complexity index is 272. The van der Waals surface area contributed by atoms with Gasteiger partial charge in [0.05, 0.1) is 0 Å². The van der Waals surface area contributed by atoms with Crippen molar-refractivity contribution in [3.63, 3.8) is 0 Å². The van der Waals surface area contributed by atoms with Crippen molar-refractivity contribution in [1.82, 2.24) is 4.90 Å². The minimum atomic E-state index is -0.507. The number of rotatable bonds is 2. The van der Waals surface area contributed by atoms with Crippen LogP contribution in [0.4, 0.5) is 4.79 Å². The van der Waals surface area contributed by atoms with Crippen LogP contribution in [0, 0.1) is 0 Å². The average Bonchev–Trinajstić information content (AvgIpc) is 2.16. The van der Waals surface area contributed by atoms with Gasteiger partial charge in [0.25, 0.3) is 0 Å². The van der Waals surface area contributed by atoms with Crippen molar-refractivity contribution in [2.24, 2.45) is 0 Å². The van der Waals surface area contributed by atoms with Crippen LogP contribution in [0.5, 0.6) is 0 Å². The third-order valence-electron chi connectivity index (χ3n) is 2.60. The molecule has 0 atom stereocenters. The van der Waals surface area contributed by atoms with Crippen LogP contribution in [-0.2, 0) is 4.74 Å². The number of amides is 1. The van der Waals surface area contributed by atoms with Crippen molar-refractivity contribution in [3.8, 4) is 0 Å². The molecule has 1 amide bonds. The Morgan fingerprint density at radius 1 is 1.19 bits per heavy atom. The van der Waals surface area contributed by atoms with Crippen LogP contribution >= 0.6 is 0 Å². The van der Waals surface area contributed by atoms with Gasteiger partial charge in [-0.15, -0.1) is 0 Å². The van der Waals surface area contributed by atoms with E-state index in [1.165, 1.54) is 6.42 Å². The van der Waals surface area contributed by atoms with Crippen LogP contribution in [0.3, 0.4) is 0 Å². The molecule has 0 aromatic heterocycles. The molecule has 16 heavy (non-hydrogen) atoms. The second-order valence-corrected chi connectivity index (χ2v) is 5.24. The number of hydrogen-bond donors (Lipinski definition) is 0. The topological polar surface area (TPSA) is 29.5 Å². The molecule has 0 aromatic rings. The van der Waals surface area contributed by atoms with E-state index < -0.39 is 5.60 Å². The van der Waals surface area contributed by atoms with Crippen LogP contribution in [0.25, 0.3) is 0 Å². The normalized spacial score (nSPS) is 16.9. The molecule has 1 saturated heterocycles. The van der Waals surface area contributed by atoms with Gasteiger partial charge in [-0.2, -0.15) is 0 Å². The molecule has 0 saturated carbocycles. The van der Waals surface area contributed by atoms with Crippen LogP contribution in [-0.4, -0.2) is 29.7 Å². The van der Waals surface area contributed by atoms with Crippen LogP contribution < -0.4 is 0 Å². The lowest BCUT2D eigenvalue weighted by molar-refractivity contribution is 0.0367. The zero-order valence-electron chi connectivity index (χ0n) is 10.9. The Kier molecular flexibility index (Phi) is 4.39. The summed E-state index contributed by atoms with van der Waals surface area (Å²) in [6.45, 7) is 9.53. The summed E-state index contributed by atoms with van der Waals surface area (Å²) in [5.74, 6) is 0. The van der Waals surface area contributed by atoms with E-state index in [-0.39, 0.29) is 6.09 Å². The van der Waals surface area contributed by atoms with E-state index in [9.17, 15) is 4.79 Å². The summed E-state index contributed by atoms with van der Waals surface area (Å²) in [5.41, 5.74) is 0.657. The van der Waals surface area contributed by atoms with Crippen molar-refractivity contribution in [2.75, 3.05) is 13.1 Å². The molecule has 1 heterocycles. The lowest BCUT2D eigenvalue weighted by atomic mass is 10.1. The SMILES string of the molecule is CC(C)=CC(C)(C)OC(=O)N1CCCCC1. The Labute approximate surface area is 98.5 Å². The summed E-state index contributed by atoms with van der Waals surface area (Å²) in [6.07, 6.45) is 5.22. The molecular weight excluding hydrogens is 202 g/mol. The second-order valence-electron chi connectivity index (χ2n) is 5.24. The van der Waals surface area contributed by atoms with Gasteiger partial charge in [-0.05, 0) is 53.0 Å². The molecule has 92 valence electrons. The monoisotopic (exact) mass is 225 g/mol. The lowest BCUT2D eigenvalue weighted by Gasteiger charge is -2.30. The number of nitrogens with zero attached hydrogens (tertiary/aromatic N) is 1. The van der Waals surface area contributed by atoms with Crippen molar-refractivity contribution in [2.45, 2.75) is 52.6 Å². The van der Waals surface area contributed by atoms with E-state index in [0.717, 1.165) is 31.5 Å². The molecule has 0 bridgehead atoms. The summed E-state index contributed by atoms with van der Waals surface area (Å²) >= 11 is 0. The summed E-state index contributed by atoms with van der Waals surface area (Å²) in [5, 5.41) is 0. The third-order valence-corrected chi connectivity index (χ3v) is 2.60. The molecule has 0 aromatic carbocycles. The van der Waals surface area contributed by atoms with Crippen molar-refractivity contribution < 1.29 is 9.53 Å². The zero-order chi connectivity index (χ0) is 12.2. The number of carbonyl (C=O) groups excluding carboxylic acids is 1. The number of allylic oxidation sites excluding steroid dienone is 1. The smallest absolute Gasteiger partial charge is 0.410 e. The fraction of sp³-hybridized carbons (Fsp3) is 0.769. The second kappa shape index (κ2) is 5.37. The fourth-order valence-corrected chi connectivity index (χ4v) is 2.09. The maximum atomic E-state index is 11.9. The predicted molar refractivity (Wildman–Crippen MR) is 65.4 cm³/mol. The molecule has 0 unspecified atom stereocenters. The minimum absolute atomic E-state index is 0.179. The number of likely N-dealkylation sites (tertiary alicyclic amines) is 1. The quantitative estimate of drug-likeness (QED) is 0.674. The Balaban J connectivity index is 2.52. The lowest BCUT2D eigenvalue weighted by Crippen LogP contribution is -2.40. The predicted octanol–water partition coefficient (Wildman–Crippen LogP) is 3.35. The summed E-state index contributed by atoms with van der Waals surface area (Å²) in [4.78, 5) is 13.7. The summed E-state index contributed by atoms with van der Waals surface area (Å²) in [7, 11) is 0. The fourth-order valence-electron chi connectivity index (χ4n) is 2.09. The summed E-state index contributed by atoms with van der Waals surface area (Å²) in [6, 6.07) is 0. The van der Waals surface area contributed by atoms with Gasteiger partial charge in [0.15, 0.2) is 0 Å². The molecular formula is C13H23NO2. The van der Waals surface area contributed by atoms with E-state index in [1.807, 2.05) is 38.7 Å². The van der Waals surface area contributed by atoms with Gasteiger partial charge in [0.2, 0.25) is 0 Å². The number of ether oxygens (including phenoxy) is 1. The van der Waals surface area contributed by atoms with Crippen LogP contribution in [0.2, 0.25) is 0 Å². The number of hydrogen-bond acceptors (Lipinski definition) is 2. The van der Waals surface area contributed by atoms with E-state index in [2.05, 4.69) is 0 Å². The standard InChI is InChI=1S/C13H23NO2/c1-11(2)10-13(3,4)16-12(15)14-8-6-5-7-9-14/h10H,5-9H2,1-4H3. The zero-order valence-corrected chi connectivity index (χ0v) is 10.9. The Morgan fingerprint density at radius 2 is 1.75 bits per heavy atom. The summed E-state index contributed by atoms with van der Waals surface area (Å²) < 4.78 is 5.50. The highest BCUT2D eigenvalue weighted by Gasteiger charge is 2.25. The Morgan fingerprint density at radius 3 is 2.25 bits per heavy atom. The van der Waals surface area contributed by atoms with E-state index in [0.29, 0.717) is 0 Å². The molecule has 3 nitrogen and oxygen atoms in total. The average molecular weight is 225 g/mol. The largest absolute Gasteiger partial charge is 0.439 e. The van der Waals surface area contributed by atoms with Gasteiger partial charge < -0.3 is 9.64 Å². The van der Waals surface area contributed by atoms with E-state index in [4.69, 9.17) is 4.74 Å². The molecule has 0 aliphatic carbocycles. The van der Waals surface area contributed by atoms with Crippen molar-refractivity contribution in [3.05, 3.63) is 11.6 Å². The third kappa shape index (κ3) is 4.25. The number of piperidine rings is 1. The van der Waals surface area contributed by atoms with Gasteiger partial charge in [0, 0.05) is 13.1 Å². The number of carbonyl (C=O) groups is 1. The van der Waals surface area contributed by atoms with Gasteiger partial charge in [-0.3, -0.25) is 0 Å². The highest BCUT2D eigenvalue weighted by atomic mass is 16.6. The highest BCUT2D eigenvalue weighted by molar-refractivity contribution is 5.68. The molecule has 1 aliphatic rings. The van der Waals surface area contributed by atoms with Crippen LogP contribution in [0.1, 0.15) is 47.0 Å². The van der Waals surface area contributed by atoms with E-state index in [1.54, 1.807) is 0 Å². The first kappa shape index (κ1) is 13.1. The van der Waals surface area contributed by atoms with E-state index >= 15 is 0 Å². The van der Waals surface area contributed by atoms with Gasteiger partial charge in [-0.25, -0.2) is 4.79 Å². The molecule has 0 spiro atoms. The van der Waals surface area contributed by atoms with Gasteiger partial charge in [-0.1, -0.05) is 5.57 Å². The molecule has 0 radical (unpaired) electrons. The maximum Gasteiger partial charge on any atom is 0.410 e. The molecule has 3 heteroatoms. The van der Waals surface area contributed by atoms with Gasteiger partial charge in [0.1, 0.15) is 5.60 Å². The minimum Gasteiger partial charge on any atom is -0.439 e. The molecule has 0 N–H and O–H groups in total. The first-order valence-corrected chi connectivity index (χ1v) is 6.05. The maximum absolute atomic E-state index is 11.9. The van der Waals surface area contributed by atoms with Crippen LogP contribution in [0.15, 0.2) is 11.6 Å². The Hall–Kier alpha value is -0.990. The first-order chi connectivity index (χ1) is 7.41. The molecule has 1 fully saturated rings. The highest BCUT2D eigenvalue weighted by Crippen LogP contribution is 2.17. The molecule has 1 aliphatic heterocycles. The van der Waals surface area contributed by atoms with Gasteiger partial charge >= 0.3 is 6.09 Å². The van der Waals surface area contributed by atoms with Crippen molar-refractivity contribution >= 4 is 6.09 Å². The molecule has 1 rings (SSSR count).